The number of thiophene rings is 2. The fraction of sp³-hybridized carbons (Fsp3) is 0.286. The fourth-order valence-electron chi connectivity index (χ4n) is 4.12. The Morgan fingerprint density at radius 1 is 0.800 bits per heavy atom. The Labute approximate surface area is 236 Å². The number of carbonyl (C=O) groups excluding carboxylic acids is 3. The van der Waals surface area contributed by atoms with E-state index in [1.807, 2.05) is 6.07 Å². The SMILES string of the molecule is COc1cc2cc(C(=O)CCC(=O)O)sc2cc1CNC(=O)c1cc2sc(C(=O)CCC(O)O)cc2cc1OC. The molecule has 10 nitrogen and oxygen atoms in total. The van der Waals surface area contributed by atoms with E-state index in [4.69, 9.17) is 24.8 Å². The van der Waals surface area contributed by atoms with Gasteiger partial charge in [-0.3, -0.25) is 19.2 Å². The number of hydrogen-bond donors (Lipinski definition) is 4. The number of Topliss-reactive ketones (excluding diaryl/α,β-unsaturated/α-hetero) is 2. The third-order valence-electron chi connectivity index (χ3n) is 6.19. The highest BCUT2D eigenvalue weighted by molar-refractivity contribution is 7.21. The smallest absolute Gasteiger partial charge is 0.303 e. The van der Waals surface area contributed by atoms with Gasteiger partial charge in [0, 0.05) is 40.8 Å². The molecule has 210 valence electrons. The maximum absolute atomic E-state index is 13.2. The van der Waals surface area contributed by atoms with Crippen LogP contribution in [0.15, 0.2) is 36.4 Å². The molecule has 0 aliphatic rings. The number of aliphatic hydroxyl groups is 2. The Bertz CT molecular complexity index is 1600. The van der Waals surface area contributed by atoms with Crippen LogP contribution in [0.2, 0.25) is 0 Å². The first-order valence-corrected chi connectivity index (χ1v) is 13.9. The summed E-state index contributed by atoms with van der Waals surface area (Å²) < 4.78 is 12.4. The summed E-state index contributed by atoms with van der Waals surface area (Å²) in [5, 5.41) is 31.3. The molecule has 0 saturated carbocycles. The number of hydrogen-bond acceptors (Lipinski definition) is 10. The molecule has 0 aliphatic carbocycles. The minimum absolute atomic E-state index is 0.0105. The second-order valence-electron chi connectivity index (χ2n) is 8.96. The van der Waals surface area contributed by atoms with Crippen LogP contribution in [0, 0.1) is 0 Å². The zero-order chi connectivity index (χ0) is 29.0. The minimum Gasteiger partial charge on any atom is -0.496 e. The average molecular weight is 586 g/mol. The molecule has 0 unspecified atom stereocenters. The number of carboxylic acids is 1. The molecule has 40 heavy (non-hydrogen) atoms. The Hall–Kier alpha value is -3.84. The van der Waals surface area contributed by atoms with Gasteiger partial charge in [0.15, 0.2) is 17.9 Å². The number of nitrogens with one attached hydrogen (secondary N) is 1. The highest BCUT2D eigenvalue weighted by Crippen LogP contribution is 2.35. The van der Waals surface area contributed by atoms with Gasteiger partial charge >= 0.3 is 5.97 Å². The van der Waals surface area contributed by atoms with Gasteiger partial charge in [-0.25, -0.2) is 0 Å². The van der Waals surface area contributed by atoms with Crippen molar-refractivity contribution in [3.63, 3.8) is 0 Å². The molecule has 0 aliphatic heterocycles. The van der Waals surface area contributed by atoms with Gasteiger partial charge in [-0.2, -0.15) is 0 Å². The zero-order valence-corrected chi connectivity index (χ0v) is 23.3. The van der Waals surface area contributed by atoms with E-state index in [1.54, 1.807) is 30.3 Å². The maximum atomic E-state index is 13.2. The van der Waals surface area contributed by atoms with Crippen LogP contribution in [0.5, 0.6) is 11.5 Å². The number of ketones is 2. The molecular weight excluding hydrogens is 558 g/mol. The molecule has 4 aromatic rings. The lowest BCUT2D eigenvalue weighted by Crippen LogP contribution is -2.23. The van der Waals surface area contributed by atoms with Crippen LogP contribution >= 0.6 is 22.7 Å². The number of rotatable bonds is 13. The van der Waals surface area contributed by atoms with E-state index in [0.717, 1.165) is 15.5 Å². The predicted molar refractivity (Wildman–Crippen MR) is 151 cm³/mol. The number of carbonyl (C=O) groups is 4. The van der Waals surface area contributed by atoms with Crippen molar-refractivity contribution in [3.05, 3.63) is 57.3 Å². The zero-order valence-electron chi connectivity index (χ0n) is 21.7. The molecule has 0 fully saturated rings. The number of methoxy groups -OCH3 is 2. The lowest BCUT2D eigenvalue weighted by atomic mass is 10.1. The second kappa shape index (κ2) is 12.6. The van der Waals surface area contributed by atoms with Crippen LogP contribution in [0.1, 0.15) is 60.9 Å². The molecular formula is C28H27NO9S2. The average Bonchev–Trinajstić information content (AvgIpc) is 3.55. The van der Waals surface area contributed by atoms with Crippen LogP contribution in [0.3, 0.4) is 0 Å². The first-order chi connectivity index (χ1) is 19.1. The predicted octanol–water partition coefficient (Wildman–Crippen LogP) is 4.38. The van der Waals surface area contributed by atoms with Crippen molar-refractivity contribution in [3.8, 4) is 11.5 Å². The number of aliphatic carboxylic acids is 1. The van der Waals surface area contributed by atoms with Crippen LogP contribution in [-0.2, 0) is 11.3 Å². The van der Waals surface area contributed by atoms with Gasteiger partial charge in [0.25, 0.3) is 5.91 Å². The fourth-order valence-corrected chi connectivity index (χ4v) is 6.25. The third kappa shape index (κ3) is 6.65. The monoisotopic (exact) mass is 585 g/mol. The van der Waals surface area contributed by atoms with E-state index < -0.39 is 18.2 Å². The van der Waals surface area contributed by atoms with Crippen molar-refractivity contribution in [2.75, 3.05) is 14.2 Å². The molecule has 4 rings (SSSR count). The summed E-state index contributed by atoms with van der Waals surface area (Å²) >= 11 is 2.47. The van der Waals surface area contributed by atoms with Crippen LogP contribution in [0.25, 0.3) is 20.2 Å². The summed E-state index contributed by atoms with van der Waals surface area (Å²) in [6.07, 6.45) is -1.95. The largest absolute Gasteiger partial charge is 0.496 e. The van der Waals surface area contributed by atoms with E-state index >= 15 is 0 Å². The molecule has 2 aromatic heterocycles. The standard InChI is InChI=1S/C28H27NO9S2/c1-37-20-7-14-9-24(18(30)3-5-26(32)33)39-22(14)11-16(20)13-29-28(36)17-12-23-15(8-21(17)38-2)10-25(40-23)19(31)4-6-27(34)35/h7-12,27,34-35H,3-6,13H2,1-2H3,(H,29,36)(H,32,33). The molecule has 0 radical (unpaired) electrons. The molecule has 0 spiro atoms. The topological polar surface area (TPSA) is 159 Å². The lowest BCUT2D eigenvalue weighted by molar-refractivity contribution is -0.136. The maximum Gasteiger partial charge on any atom is 0.303 e. The van der Waals surface area contributed by atoms with Gasteiger partial charge in [-0.05, 0) is 47.2 Å². The van der Waals surface area contributed by atoms with Crippen molar-refractivity contribution in [2.24, 2.45) is 0 Å². The summed E-state index contributed by atoms with van der Waals surface area (Å²) in [7, 11) is 2.95. The van der Waals surface area contributed by atoms with Crippen molar-refractivity contribution in [1.29, 1.82) is 0 Å². The van der Waals surface area contributed by atoms with Gasteiger partial charge in [0.1, 0.15) is 11.5 Å². The molecule has 0 saturated heterocycles. The van der Waals surface area contributed by atoms with Gasteiger partial charge < -0.3 is 30.1 Å². The number of ether oxygens (including phenoxy) is 2. The number of aliphatic hydroxyl groups excluding tert-OH is 1. The quantitative estimate of drug-likeness (QED) is 0.132. The second-order valence-corrected chi connectivity index (χ2v) is 11.1. The summed E-state index contributed by atoms with van der Waals surface area (Å²) in [6.45, 7) is 0.122. The van der Waals surface area contributed by atoms with E-state index in [9.17, 15) is 19.2 Å². The van der Waals surface area contributed by atoms with Gasteiger partial charge in [0.05, 0.1) is 36.0 Å². The summed E-state index contributed by atoms with van der Waals surface area (Å²) in [6, 6.07) is 10.3. The first-order valence-electron chi connectivity index (χ1n) is 12.2. The van der Waals surface area contributed by atoms with E-state index in [-0.39, 0.29) is 49.4 Å². The molecule has 4 N–H and O–H groups in total. The molecule has 1 amide bonds. The number of benzene rings is 2. The number of carboxylic acid groups (broad SMARTS) is 1. The first kappa shape index (κ1) is 29.2. The van der Waals surface area contributed by atoms with Gasteiger partial charge in [-0.15, -0.1) is 22.7 Å². The summed E-state index contributed by atoms with van der Waals surface area (Å²) in [5.74, 6) is -1.05. The summed E-state index contributed by atoms with van der Waals surface area (Å²) in [4.78, 5) is 49.7. The van der Waals surface area contributed by atoms with E-state index in [0.29, 0.717) is 31.5 Å². The lowest BCUT2D eigenvalue weighted by Gasteiger charge is -2.12. The number of amides is 1. The van der Waals surface area contributed by atoms with Crippen molar-refractivity contribution in [2.45, 2.75) is 38.5 Å². The van der Waals surface area contributed by atoms with Crippen LogP contribution in [0.4, 0.5) is 0 Å². The van der Waals surface area contributed by atoms with E-state index in [1.165, 1.54) is 36.9 Å². The minimum atomic E-state index is -1.55. The van der Waals surface area contributed by atoms with Gasteiger partial charge in [-0.1, -0.05) is 0 Å². The Morgan fingerprint density at radius 3 is 1.95 bits per heavy atom. The Morgan fingerprint density at radius 2 is 1.38 bits per heavy atom. The summed E-state index contributed by atoms with van der Waals surface area (Å²) in [5.41, 5.74) is 0.967. The Balaban J connectivity index is 1.54. The van der Waals surface area contributed by atoms with Crippen LogP contribution < -0.4 is 14.8 Å². The molecule has 0 bridgehead atoms. The van der Waals surface area contributed by atoms with Crippen LogP contribution in [-0.4, -0.2) is 59.3 Å². The highest BCUT2D eigenvalue weighted by atomic mass is 32.1. The highest BCUT2D eigenvalue weighted by Gasteiger charge is 2.19. The molecule has 0 atom stereocenters. The van der Waals surface area contributed by atoms with Crippen molar-refractivity contribution in [1.82, 2.24) is 5.32 Å². The molecule has 12 heteroatoms. The van der Waals surface area contributed by atoms with Gasteiger partial charge in [0.2, 0.25) is 0 Å². The number of fused-ring (bicyclic) bond motifs is 2. The Kier molecular flexibility index (Phi) is 9.15. The van der Waals surface area contributed by atoms with Crippen molar-refractivity contribution >= 4 is 66.3 Å². The van der Waals surface area contributed by atoms with E-state index in [2.05, 4.69) is 5.32 Å². The normalized spacial score (nSPS) is 11.2. The molecule has 2 aromatic carbocycles. The van der Waals surface area contributed by atoms with Crippen molar-refractivity contribution < 1.29 is 44.0 Å². The molecule has 2 heterocycles. The third-order valence-corrected chi connectivity index (χ3v) is 8.46.